The maximum Gasteiger partial charge on any atom is 0.417 e. The first-order valence-corrected chi connectivity index (χ1v) is 6.68. The van der Waals surface area contributed by atoms with Crippen molar-refractivity contribution in [2.75, 3.05) is 0 Å². The molecule has 0 atom stereocenters. The highest BCUT2D eigenvalue weighted by Crippen LogP contribution is 2.32. The molecule has 1 saturated carbocycles. The average Bonchev–Trinajstić information content (AvgIpc) is 3.13. The van der Waals surface area contributed by atoms with Crippen molar-refractivity contribution >= 4 is 11.6 Å². The van der Waals surface area contributed by atoms with Crippen LogP contribution in [-0.2, 0) is 12.7 Å². The van der Waals surface area contributed by atoms with Crippen LogP contribution < -0.4 is 5.32 Å². The van der Waals surface area contributed by atoms with Gasteiger partial charge in [0.15, 0.2) is 5.82 Å². The average molecular weight is 318 g/mol. The van der Waals surface area contributed by atoms with E-state index in [-0.39, 0.29) is 10.8 Å². The Labute approximate surface area is 123 Å². The van der Waals surface area contributed by atoms with Gasteiger partial charge >= 0.3 is 6.18 Å². The third kappa shape index (κ3) is 3.16. The summed E-state index contributed by atoms with van der Waals surface area (Å²) in [7, 11) is 0. The first kappa shape index (κ1) is 14.3. The van der Waals surface area contributed by atoms with Gasteiger partial charge in [-0.25, -0.2) is 9.97 Å². The summed E-state index contributed by atoms with van der Waals surface area (Å²) in [5.74, 6) is 0.686. The molecule has 0 amide bonds. The third-order valence-electron chi connectivity index (χ3n) is 3.09. The molecule has 112 valence electrons. The Bertz CT molecular complexity index is 651. The molecule has 0 aliphatic heterocycles. The molecule has 21 heavy (non-hydrogen) atoms. The molecule has 0 bridgehead atoms. The molecule has 9 heteroatoms. The highest BCUT2D eigenvalue weighted by Gasteiger charge is 2.32. The summed E-state index contributed by atoms with van der Waals surface area (Å²) < 4.78 is 39.1. The molecule has 1 fully saturated rings. The van der Waals surface area contributed by atoms with Crippen molar-refractivity contribution < 1.29 is 13.2 Å². The lowest BCUT2D eigenvalue weighted by Gasteiger charge is -2.10. The van der Waals surface area contributed by atoms with Crippen molar-refractivity contribution in [2.24, 2.45) is 0 Å². The second-order valence-electron chi connectivity index (χ2n) is 4.77. The Morgan fingerprint density at radius 3 is 2.71 bits per heavy atom. The van der Waals surface area contributed by atoms with Gasteiger partial charge in [0.2, 0.25) is 0 Å². The summed E-state index contributed by atoms with van der Waals surface area (Å²) in [6.07, 6.45) is -0.185. The number of hydrogen-bond donors (Lipinski definition) is 1. The quantitative estimate of drug-likeness (QED) is 0.941. The van der Waals surface area contributed by atoms with Crippen LogP contribution in [0.5, 0.6) is 0 Å². The van der Waals surface area contributed by atoms with E-state index in [2.05, 4.69) is 20.4 Å². The molecule has 1 aliphatic carbocycles. The summed E-state index contributed by atoms with van der Waals surface area (Å²) in [6, 6.07) is 1.31. The van der Waals surface area contributed by atoms with E-state index < -0.39 is 11.7 Å². The van der Waals surface area contributed by atoms with E-state index >= 15 is 0 Å². The molecule has 0 saturated heterocycles. The fraction of sp³-hybridized carbons (Fsp3) is 0.417. The van der Waals surface area contributed by atoms with Gasteiger partial charge in [-0.2, -0.15) is 23.0 Å². The van der Waals surface area contributed by atoms with Crippen LogP contribution in [0, 0.1) is 0 Å². The predicted molar refractivity (Wildman–Crippen MR) is 69.0 cm³/mol. The van der Waals surface area contributed by atoms with Gasteiger partial charge in [0.05, 0.1) is 17.1 Å². The van der Waals surface area contributed by atoms with Gasteiger partial charge in [-0.05, 0) is 18.9 Å². The van der Waals surface area contributed by atoms with Crippen LogP contribution in [0.2, 0.25) is 5.02 Å². The van der Waals surface area contributed by atoms with Crippen LogP contribution in [-0.4, -0.2) is 25.8 Å². The Kier molecular flexibility index (Phi) is 3.58. The van der Waals surface area contributed by atoms with Gasteiger partial charge in [-0.3, -0.25) is 0 Å². The zero-order valence-electron chi connectivity index (χ0n) is 10.7. The zero-order chi connectivity index (χ0) is 15.0. The fourth-order valence-corrected chi connectivity index (χ4v) is 2.07. The largest absolute Gasteiger partial charge is 0.417 e. The summed E-state index contributed by atoms with van der Waals surface area (Å²) in [5, 5.41) is 7.10. The topological polar surface area (TPSA) is 55.6 Å². The molecule has 0 spiro atoms. The lowest BCUT2D eigenvalue weighted by Crippen LogP contribution is -2.19. The fourth-order valence-electron chi connectivity index (χ4n) is 1.83. The molecule has 3 rings (SSSR count). The number of hydrogen-bond acceptors (Lipinski definition) is 4. The van der Waals surface area contributed by atoms with Crippen LogP contribution in [0.3, 0.4) is 0 Å². The van der Waals surface area contributed by atoms with Crippen LogP contribution in [0.4, 0.5) is 13.2 Å². The van der Waals surface area contributed by atoms with E-state index in [1.807, 2.05) is 0 Å². The number of pyridine rings is 1. The number of alkyl halides is 3. The monoisotopic (exact) mass is 317 g/mol. The highest BCUT2D eigenvalue weighted by molar-refractivity contribution is 6.32. The van der Waals surface area contributed by atoms with E-state index in [0.29, 0.717) is 18.4 Å². The van der Waals surface area contributed by atoms with E-state index in [1.54, 1.807) is 0 Å². The van der Waals surface area contributed by atoms with E-state index in [0.717, 1.165) is 25.1 Å². The second-order valence-corrected chi connectivity index (χ2v) is 5.18. The van der Waals surface area contributed by atoms with Gasteiger partial charge < -0.3 is 5.32 Å². The van der Waals surface area contributed by atoms with Gasteiger partial charge in [0, 0.05) is 12.2 Å². The molecule has 5 nitrogen and oxygen atoms in total. The number of aromatic nitrogens is 4. The molecule has 0 aromatic carbocycles. The van der Waals surface area contributed by atoms with E-state index in [4.69, 9.17) is 11.6 Å². The molecule has 0 radical (unpaired) electrons. The minimum atomic E-state index is -4.48. The summed E-state index contributed by atoms with van der Waals surface area (Å²) in [5.41, 5.74) is -0.894. The molecule has 1 N–H and O–H groups in total. The van der Waals surface area contributed by atoms with Crippen molar-refractivity contribution in [3.8, 4) is 5.82 Å². The van der Waals surface area contributed by atoms with E-state index in [9.17, 15) is 13.2 Å². The summed E-state index contributed by atoms with van der Waals surface area (Å²) >= 11 is 5.90. The summed E-state index contributed by atoms with van der Waals surface area (Å²) in [6.45, 7) is 0.462. The van der Waals surface area contributed by atoms with Crippen molar-refractivity contribution in [3.63, 3.8) is 0 Å². The SMILES string of the molecule is FC(F)(F)c1cnc(-n2ncnc2CNC2CC2)c(Cl)c1. The Hall–Kier alpha value is -1.67. The first-order valence-electron chi connectivity index (χ1n) is 6.30. The predicted octanol–water partition coefficient (Wildman–Crippen LogP) is 2.59. The van der Waals surface area contributed by atoms with Gasteiger partial charge in [-0.15, -0.1) is 0 Å². The van der Waals surface area contributed by atoms with Gasteiger partial charge in [0.1, 0.15) is 12.2 Å². The van der Waals surface area contributed by atoms with Crippen LogP contribution in [0.1, 0.15) is 24.2 Å². The van der Waals surface area contributed by atoms with Crippen molar-refractivity contribution in [1.82, 2.24) is 25.1 Å². The van der Waals surface area contributed by atoms with Crippen LogP contribution in [0.25, 0.3) is 5.82 Å². The Balaban J connectivity index is 1.88. The maximum absolute atomic E-state index is 12.6. The minimum Gasteiger partial charge on any atom is -0.307 e. The van der Waals surface area contributed by atoms with Crippen LogP contribution in [0.15, 0.2) is 18.6 Å². The lowest BCUT2D eigenvalue weighted by molar-refractivity contribution is -0.137. The molecule has 0 unspecified atom stereocenters. The molecule has 2 aromatic rings. The van der Waals surface area contributed by atoms with Crippen LogP contribution >= 0.6 is 11.6 Å². The van der Waals surface area contributed by atoms with Gasteiger partial charge in [-0.1, -0.05) is 11.6 Å². The maximum atomic E-state index is 12.6. The number of nitrogens with one attached hydrogen (secondary N) is 1. The standard InChI is InChI=1S/C12H11ClF3N5/c13-9-3-7(12(14,15)16)4-18-11(9)21-10(19-6-20-21)5-17-8-1-2-8/h3-4,6,8,17H,1-2,5H2. The van der Waals surface area contributed by atoms with Gasteiger partial charge in [0.25, 0.3) is 0 Å². The molecular weight excluding hydrogens is 307 g/mol. The van der Waals surface area contributed by atoms with E-state index in [1.165, 1.54) is 11.0 Å². The molecule has 2 aromatic heterocycles. The Morgan fingerprint density at radius 1 is 1.33 bits per heavy atom. The van der Waals surface area contributed by atoms with Crippen molar-refractivity contribution in [3.05, 3.63) is 35.0 Å². The lowest BCUT2D eigenvalue weighted by atomic mass is 10.3. The third-order valence-corrected chi connectivity index (χ3v) is 3.37. The molecule has 1 aliphatic rings. The van der Waals surface area contributed by atoms with Crippen molar-refractivity contribution in [2.45, 2.75) is 31.6 Å². The number of nitrogens with zero attached hydrogens (tertiary/aromatic N) is 4. The smallest absolute Gasteiger partial charge is 0.307 e. The van der Waals surface area contributed by atoms with Crippen molar-refractivity contribution in [1.29, 1.82) is 0 Å². The highest BCUT2D eigenvalue weighted by atomic mass is 35.5. The number of halogens is 4. The normalized spacial score (nSPS) is 15.4. The number of rotatable bonds is 4. The molecule has 2 heterocycles. The second kappa shape index (κ2) is 5.27. The minimum absolute atomic E-state index is 0.122. The molecular formula is C12H11ClF3N5. The summed E-state index contributed by atoms with van der Waals surface area (Å²) in [4.78, 5) is 7.84. The Morgan fingerprint density at radius 2 is 2.10 bits per heavy atom. The first-order chi connectivity index (χ1) is 9.95. The zero-order valence-corrected chi connectivity index (χ0v) is 11.5.